The average Bonchev–Trinajstić information content (AvgIpc) is 3.35. The van der Waals surface area contributed by atoms with Crippen LogP contribution in [0.1, 0.15) is 24.8 Å². The molecule has 1 unspecified atom stereocenters. The maximum atomic E-state index is 2.74. The van der Waals surface area contributed by atoms with Crippen LogP contribution in [0, 0.1) is 5.41 Å². The van der Waals surface area contributed by atoms with Crippen molar-refractivity contribution in [2.75, 3.05) is 37.0 Å². The summed E-state index contributed by atoms with van der Waals surface area (Å²) in [6, 6.07) is 33.0. The number of hydrogen-bond donors (Lipinski definition) is 0. The first kappa shape index (κ1) is 27.8. The summed E-state index contributed by atoms with van der Waals surface area (Å²) in [5.41, 5.74) is 3.27. The number of benzene rings is 3. The van der Waals surface area contributed by atoms with Crippen LogP contribution in [0.2, 0.25) is 0 Å². The smallest absolute Gasteiger partial charge is 0.119 e. The van der Waals surface area contributed by atoms with E-state index in [0.29, 0.717) is 5.41 Å². The molecular weight excluding hydrogens is 517 g/mol. The highest BCUT2D eigenvalue weighted by molar-refractivity contribution is 8.16. The van der Waals surface area contributed by atoms with Gasteiger partial charge in [-0.3, -0.25) is 9.21 Å². The van der Waals surface area contributed by atoms with Crippen molar-refractivity contribution in [1.82, 2.24) is 9.80 Å². The van der Waals surface area contributed by atoms with Gasteiger partial charge >= 0.3 is 0 Å². The fourth-order valence-corrected chi connectivity index (χ4v) is 7.75. The predicted octanol–water partition coefficient (Wildman–Crippen LogP) is 7.27. The summed E-state index contributed by atoms with van der Waals surface area (Å²) in [5, 5.41) is 2.40. The van der Waals surface area contributed by atoms with E-state index in [-0.39, 0.29) is 35.5 Å². The lowest BCUT2D eigenvalue weighted by Gasteiger charge is -2.48. The monoisotopic (exact) mass is 553 g/mol. The number of hydrogen-bond acceptors (Lipinski definition) is 3. The number of anilines is 1. The molecule has 1 saturated carbocycles. The first-order chi connectivity index (χ1) is 17.3. The zero-order chi connectivity index (χ0) is 23.5. The summed E-state index contributed by atoms with van der Waals surface area (Å²) in [5.74, 6) is 1.35. The van der Waals surface area contributed by atoms with E-state index in [1.807, 2.05) is 0 Å². The normalized spacial score (nSPS) is 20.6. The van der Waals surface area contributed by atoms with Gasteiger partial charge in [0.1, 0.15) is 5.82 Å². The molecule has 2 heterocycles. The van der Waals surface area contributed by atoms with Crippen molar-refractivity contribution in [3.05, 3.63) is 108 Å². The first-order valence-corrected chi connectivity index (χ1v) is 14.2. The Morgan fingerprint density at radius 3 is 1.89 bits per heavy atom. The van der Waals surface area contributed by atoms with E-state index in [1.165, 1.54) is 54.2 Å². The van der Waals surface area contributed by atoms with E-state index >= 15 is 0 Å². The highest BCUT2D eigenvalue weighted by Gasteiger charge is 2.39. The lowest BCUT2D eigenvalue weighted by atomic mass is 9.65. The van der Waals surface area contributed by atoms with Gasteiger partial charge in [0.25, 0.3) is 0 Å². The Balaban J connectivity index is 0.00000160. The van der Waals surface area contributed by atoms with Crippen LogP contribution in [-0.4, -0.2) is 47.9 Å². The molecule has 2 aliphatic heterocycles. The average molecular weight is 555 g/mol. The maximum Gasteiger partial charge on any atom is 0.119 e. The molecule has 0 N–H and O–H groups in total. The fraction of sp³-hybridized carbons (Fsp3) is 0.323. The van der Waals surface area contributed by atoms with Gasteiger partial charge in [-0.2, -0.15) is 0 Å². The van der Waals surface area contributed by atoms with Crippen molar-refractivity contribution < 1.29 is 0 Å². The molecule has 2 fully saturated rings. The molecule has 0 bridgehead atoms. The minimum atomic E-state index is -0.0903. The Bertz CT molecular complexity index is 1190. The Morgan fingerprint density at radius 1 is 0.703 bits per heavy atom. The highest BCUT2D eigenvalue weighted by atomic mass is 35.5. The Hall–Kier alpha value is -2.24. The van der Waals surface area contributed by atoms with Crippen molar-refractivity contribution in [3.8, 4) is 0 Å². The summed E-state index contributed by atoms with van der Waals surface area (Å²) in [4.78, 5) is 6.72. The van der Waals surface area contributed by atoms with Crippen molar-refractivity contribution in [3.63, 3.8) is 0 Å². The molecule has 6 heteroatoms. The van der Waals surface area contributed by atoms with Crippen LogP contribution < -0.4 is 4.31 Å². The molecule has 0 radical (unpaired) electrons. The van der Waals surface area contributed by atoms with E-state index in [4.69, 9.17) is 0 Å². The maximum absolute atomic E-state index is 2.74. The molecule has 3 nitrogen and oxygen atoms in total. The minimum absolute atomic E-state index is 0. The molecule has 0 spiro atoms. The van der Waals surface area contributed by atoms with Gasteiger partial charge in [-0.15, -0.1) is 24.8 Å². The molecule has 37 heavy (non-hydrogen) atoms. The van der Waals surface area contributed by atoms with E-state index in [1.54, 1.807) is 0 Å². The summed E-state index contributed by atoms with van der Waals surface area (Å²) in [7, 11) is -0.0903. The first-order valence-electron chi connectivity index (χ1n) is 13.0. The summed E-state index contributed by atoms with van der Waals surface area (Å²) >= 11 is 0. The van der Waals surface area contributed by atoms with Crippen molar-refractivity contribution in [2.24, 2.45) is 5.41 Å². The molecule has 1 saturated heterocycles. The van der Waals surface area contributed by atoms with Gasteiger partial charge in [0.05, 0.1) is 5.69 Å². The van der Waals surface area contributed by atoms with Gasteiger partial charge in [0, 0.05) is 37.6 Å². The van der Waals surface area contributed by atoms with Gasteiger partial charge in [0.2, 0.25) is 0 Å². The number of halogens is 2. The number of piperazine rings is 1. The molecule has 196 valence electrons. The van der Waals surface area contributed by atoms with Crippen LogP contribution in [0.5, 0.6) is 0 Å². The second-order valence-electron chi connectivity index (χ2n) is 10.2. The fourth-order valence-electron chi connectivity index (χ4n) is 5.85. The third kappa shape index (κ3) is 6.09. The molecule has 3 aliphatic rings. The standard InChI is InChI=1S/C31H35N3S.2ClH/c1-4-11-27(12-5-1)25-31(18-10-19-31)26-32-20-22-33(23-21-32)30-17-24-35(29-15-8-3-9-16-29)34(30)28-13-6-2-7-14-28;;/h1-9,11-17,24H,10,18-23,25-26H2;2*1H. The van der Waals surface area contributed by atoms with E-state index in [0.717, 1.165) is 26.2 Å². The Kier molecular flexibility index (Phi) is 9.41. The molecule has 3 aromatic rings. The van der Waals surface area contributed by atoms with Crippen LogP contribution in [0.15, 0.2) is 108 Å². The topological polar surface area (TPSA) is 9.72 Å². The minimum Gasteiger partial charge on any atom is -0.355 e. The summed E-state index contributed by atoms with van der Waals surface area (Å²) < 4.78 is 2.55. The zero-order valence-electron chi connectivity index (χ0n) is 21.2. The molecule has 6 rings (SSSR count). The van der Waals surface area contributed by atoms with E-state index in [2.05, 4.69) is 117 Å². The molecule has 3 aromatic carbocycles. The second-order valence-corrected chi connectivity index (χ2v) is 11.9. The number of allylic oxidation sites excluding steroid dienone is 1. The lowest BCUT2D eigenvalue weighted by Crippen LogP contribution is -2.52. The van der Waals surface area contributed by atoms with Gasteiger partial charge in [0.15, 0.2) is 0 Å². The van der Waals surface area contributed by atoms with Gasteiger partial charge in [-0.1, -0.05) is 83.8 Å². The van der Waals surface area contributed by atoms with Crippen LogP contribution in [0.3, 0.4) is 0 Å². The molecule has 0 aromatic heterocycles. The van der Waals surface area contributed by atoms with Crippen LogP contribution in [-0.2, 0) is 6.42 Å². The largest absolute Gasteiger partial charge is 0.355 e. The molecular formula is C31H37Cl2N3S. The van der Waals surface area contributed by atoms with Crippen molar-refractivity contribution in [2.45, 2.75) is 30.6 Å². The van der Waals surface area contributed by atoms with E-state index < -0.39 is 0 Å². The molecule has 1 atom stereocenters. The third-order valence-electron chi connectivity index (χ3n) is 7.82. The van der Waals surface area contributed by atoms with Gasteiger partial charge < -0.3 is 4.90 Å². The summed E-state index contributed by atoms with van der Waals surface area (Å²) in [6.45, 7) is 5.73. The number of nitrogens with zero attached hydrogens (tertiary/aromatic N) is 3. The zero-order valence-corrected chi connectivity index (χ0v) is 23.7. The van der Waals surface area contributed by atoms with Gasteiger partial charge in [-0.25, -0.2) is 0 Å². The Morgan fingerprint density at radius 2 is 1.30 bits per heavy atom. The SMILES string of the molecule is C1=C(N2CCN(CC3(Cc4ccccc4)CCC3)CC2)N(c2ccccc2)S(c2ccccc2)=C1.Cl.Cl. The van der Waals surface area contributed by atoms with Crippen LogP contribution in [0.25, 0.3) is 0 Å². The highest BCUT2D eigenvalue weighted by Crippen LogP contribution is 2.45. The second kappa shape index (κ2) is 12.5. The predicted molar refractivity (Wildman–Crippen MR) is 164 cm³/mol. The lowest BCUT2D eigenvalue weighted by molar-refractivity contribution is 0.0441. The van der Waals surface area contributed by atoms with Crippen LogP contribution >= 0.6 is 35.5 Å². The quantitative estimate of drug-likeness (QED) is 0.285. The number of rotatable bonds is 7. The van der Waals surface area contributed by atoms with Crippen molar-refractivity contribution >= 4 is 46.5 Å². The summed E-state index contributed by atoms with van der Waals surface area (Å²) in [6.07, 6.45) is 7.74. The van der Waals surface area contributed by atoms with Crippen LogP contribution in [0.4, 0.5) is 5.69 Å². The number of para-hydroxylation sites is 1. The van der Waals surface area contributed by atoms with E-state index in [9.17, 15) is 0 Å². The molecule has 0 amide bonds. The third-order valence-corrected chi connectivity index (χ3v) is 9.76. The van der Waals surface area contributed by atoms with Crippen molar-refractivity contribution in [1.29, 1.82) is 0 Å². The molecule has 1 aliphatic carbocycles. The Labute approximate surface area is 237 Å². The van der Waals surface area contributed by atoms with Gasteiger partial charge in [-0.05, 0) is 65.9 Å².